The van der Waals surface area contributed by atoms with E-state index in [1.807, 2.05) is 0 Å². The summed E-state index contributed by atoms with van der Waals surface area (Å²) in [7, 11) is 0. The zero-order chi connectivity index (χ0) is 13.7. The Morgan fingerprint density at radius 2 is 0.444 bits per heavy atom. The molecule has 1 rings (SSSR count). The molecule has 0 amide bonds. The van der Waals surface area contributed by atoms with Crippen LogP contribution in [0.25, 0.3) is 0 Å². The van der Waals surface area contributed by atoms with Gasteiger partial charge in [-0.3, -0.25) is 0 Å². The van der Waals surface area contributed by atoms with Gasteiger partial charge in [-0.2, -0.15) is 0 Å². The van der Waals surface area contributed by atoms with E-state index >= 15 is 0 Å². The van der Waals surface area contributed by atoms with E-state index in [0.717, 1.165) is 0 Å². The van der Waals surface area contributed by atoms with Crippen molar-refractivity contribution in [2.24, 2.45) is 0 Å². The van der Waals surface area contributed by atoms with Crippen molar-refractivity contribution in [3.05, 3.63) is 0 Å². The second kappa shape index (κ2) is 9.81. The molecule has 108 valence electrons. The highest BCUT2D eigenvalue weighted by atomic mass is 79.9. The second-order valence-electron chi connectivity index (χ2n) is 4.83. The molecule has 0 nitrogen and oxygen atoms in total. The van der Waals surface area contributed by atoms with Crippen LogP contribution < -0.4 is 0 Å². The lowest BCUT2D eigenvalue weighted by molar-refractivity contribution is 0.557. The van der Waals surface area contributed by atoms with Gasteiger partial charge < -0.3 is 0 Å². The van der Waals surface area contributed by atoms with E-state index < -0.39 is 0 Å². The van der Waals surface area contributed by atoms with Crippen molar-refractivity contribution < 1.29 is 0 Å². The molecule has 0 N–H and O–H groups in total. The molecule has 18 heavy (non-hydrogen) atoms. The highest BCUT2D eigenvalue weighted by molar-refractivity contribution is 9.13. The SMILES string of the molecule is Br[13CH]1[13CH2][13CH2][13C@@H](Br)[13C@H](Br)[13CH2][13CH2][13C@H](Br)[13C@H](Br)[13CH2][13CH2][13C@H]1Br. The van der Waals surface area contributed by atoms with Gasteiger partial charge in [-0.1, -0.05) is 95.6 Å². The third-order valence-electron chi connectivity index (χ3n) is 3.33. The monoisotopic (exact) mass is 648 g/mol. The molecule has 0 aliphatic heterocycles. The second-order valence-corrected chi connectivity index (χ2v) is 11.9. The van der Waals surface area contributed by atoms with E-state index in [0.29, 0.717) is 29.0 Å². The van der Waals surface area contributed by atoms with E-state index in [1.165, 1.54) is 38.5 Å². The zero-order valence-corrected chi connectivity index (χ0v) is 19.5. The fraction of sp³-hybridized carbons (Fsp3) is 1.00. The molecule has 0 aromatic heterocycles. The van der Waals surface area contributed by atoms with Gasteiger partial charge in [-0.15, -0.1) is 0 Å². The minimum absolute atomic E-state index is 0.560. The first-order chi connectivity index (χ1) is 8.41. The van der Waals surface area contributed by atoms with Gasteiger partial charge in [-0.05, 0) is 38.5 Å². The normalized spacial score (nSPS) is 45.0. The first-order valence-corrected chi connectivity index (χ1v) is 11.8. The summed E-state index contributed by atoms with van der Waals surface area (Å²) in [5.41, 5.74) is 0. The van der Waals surface area contributed by atoms with Crippen molar-refractivity contribution in [1.82, 2.24) is 0 Å². The van der Waals surface area contributed by atoms with E-state index in [1.54, 1.807) is 0 Å². The standard InChI is InChI=1S/C12H18Br6/c13-7-1-2-8(14)10(16)5-6-12(18)11(17)4-3-9(7)15/h7-12H,1-6H2/t7-,8-,9+,10?,11-,12-/m1/s1/i1+1,2+1,3+1,4+1,5+1,6+1,7+1,8+1,9+1,10+1,11+1,12+1. The van der Waals surface area contributed by atoms with Crippen LogP contribution in [-0.2, 0) is 0 Å². The van der Waals surface area contributed by atoms with Crippen molar-refractivity contribution in [2.45, 2.75) is 67.5 Å². The highest BCUT2D eigenvalue weighted by Gasteiger charge is 2.25. The molecule has 1 aliphatic carbocycles. The molecule has 1 aliphatic rings. The summed E-state index contributed by atoms with van der Waals surface area (Å²) in [4.78, 5) is 3.36. The molecule has 0 aromatic carbocycles. The smallest absolute Gasteiger partial charge is 0.0271 e. The van der Waals surface area contributed by atoms with Crippen molar-refractivity contribution in [2.75, 3.05) is 0 Å². The minimum Gasteiger partial charge on any atom is -0.0879 e. The van der Waals surface area contributed by atoms with E-state index in [2.05, 4.69) is 95.6 Å². The number of rotatable bonds is 0. The summed E-state index contributed by atoms with van der Waals surface area (Å²) in [5, 5.41) is 0. The summed E-state index contributed by atoms with van der Waals surface area (Å²) >= 11 is 22.9. The summed E-state index contributed by atoms with van der Waals surface area (Å²) < 4.78 is 0. The number of halogens is 6. The van der Waals surface area contributed by atoms with Crippen molar-refractivity contribution in [3.8, 4) is 0 Å². The van der Waals surface area contributed by atoms with Crippen LogP contribution in [0.5, 0.6) is 0 Å². The quantitative estimate of drug-likeness (QED) is 0.197. The van der Waals surface area contributed by atoms with Gasteiger partial charge >= 0.3 is 0 Å². The molecule has 6 atom stereocenters. The van der Waals surface area contributed by atoms with Crippen molar-refractivity contribution >= 4 is 95.6 Å². The summed E-state index contributed by atoms with van der Waals surface area (Å²) in [5.74, 6) is 0. The Morgan fingerprint density at radius 1 is 0.333 bits per heavy atom. The van der Waals surface area contributed by atoms with Gasteiger partial charge in [0.15, 0.2) is 0 Å². The first kappa shape index (κ1) is 18.9. The summed E-state index contributed by atoms with van der Waals surface area (Å²) in [6.07, 6.45) is 7.24. The maximum atomic E-state index is 3.82. The van der Waals surface area contributed by atoms with Gasteiger partial charge in [0.2, 0.25) is 0 Å². The van der Waals surface area contributed by atoms with Crippen LogP contribution in [-0.4, -0.2) is 29.0 Å². The Hall–Kier alpha value is 2.88. The van der Waals surface area contributed by atoms with Crippen molar-refractivity contribution in [1.29, 1.82) is 0 Å². The van der Waals surface area contributed by atoms with Gasteiger partial charge in [0.05, 0.1) is 0 Å². The predicted octanol–water partition coefficient (Wildman–Crippen LogP) is 6.92. The van der Waals surface area contributed by atoms with Crippen LogP contribution in [0.3, 0.4) is 0 Å². The molecule has 1 fully saturated rings. The third-order valence-corrected chi connectivity index (χ3v) is 12.0. The topological polar surface area (TPSA) is 0 Å². The molecule has 1 saturated carbocycles. The maximum absolute atomic E-state index is 3.82. The fourth-order valence-electron chi connectivity index (χ4n) is 2.04. The van der Waals surface area contributed by atoms with Crippen LogP contribution in [0.4, 0.5) is 0 Å². The molecule has 0 saturated heterocycles. The average Bonchev–Trinajstić information content (AvgIpc) is 2.36. The van der Waals surface area contributed by atoms with Crippen LogP contribution in [0, 0.1) is 0 Å². The summed E-state index contributed by atoms with van der Waals surface area (Å²) in [6, 6.07) is 0. The summed E-state index contributed by atoms with van der Waals surface area (Å²) in [6.45, 7) is 0. The maximum Gasteiger partial charge on any atom is 0.0271 e. The van der Waals surface area contributed by atoms with Gasteiger partial charge in [0, 0.05) is 29.0 Å². The molecule has 1 unspecified atom stereocenters. The van der Waals surface area contributed by atoms with Crippen LogP contribution in [0.2, 0.25) is 0 Å². The largest absolute Gasteiger partial charge is 0.0879 e. The van der Waals surface area contributed by atoms with E-state index in [9.17, 15) is 0 Å². The Balaban J connectivity index is 2.61. The molecule has 0 aromatic rings. The minimum atomic E-state index is 0.560. The van der Waals surface area contributed by atoms with Crippen molar-refractivity contribution in [3.63, 3.8) is 0 Å². The molecule has 0 heterocycles. The molecular weight excluding hydrogens is 635 g/mol. The van der Waals surface area contributed by atoms with Crippen LogP contribution in [0.15, 0.2) is 0 Å². The lowest BCUT2D eigenvalue weighted by Crippen LogP contribution is -2.25. The van der Waals surface area contributed by atoms with Gasteiger partial charge in [-0.25, -0.2) is 0 Å². The Labute approximate surface area is 161 Å². The van der Waals surface area contributed by atoms with Gasteiger partial charge in [0.25, 0.3) is 0 Å². The first-order valence-electron chi connectivity index (χ1n) is 6.26. The Bertz CT molecular complexity index is 175. The molecule has 0 spiro atoms. The fourth-order valence-corrected chi connectivity index (χ4v) is 5.21. The lowest BCUT2D eigenvalue weighted by Gasteiger charge is -2.25. The zero-order valence-electron chi connectivity index (χ0n) is 9.97. The average molecular weight is 654 g/mol. The van der Waals surface area contributed by atoms with E-state index in [-0.39, 0.29) is 0 Å². The van der Waals surface area contributed by atoms with Gasteiger partial charge in [0.1, 0.15) is 0 Å². The highest BCUT2D eigenvalue weighted by Crippen LogP contribution is 2.34. The van der Waals surface area contributed by atoms with Crippen LogP contribution >= 0.6 is 95.6 Å². The third kappa shape index (κ3) is 6.76. The van der Waals surface area contributed by atoms with Crippen LogP contribution in [0.1, 0.15) is 38.5 Å². The Morgan fingerprint density at radius 3 is 0.556 bits per heavy atom. The number of alkyl halides is 6. The Kier molecular flexibility index (Phi) is 10.3. The molecule has 0 radical (unpaired) electrons. The molecule has 0 bridgehead atoms. The predicted molar refractivity (Wildman–Crippen MR) is 104 cm³/mol. The van der Waals surface area contributed by atoms with E-state index in [4.69, 9.17) is 0 Å². The molecular formula is C12H18Br6. The number of hydrogen-bond acceptors (Lipinski definition) is 0. The molecule has 6 heteroatoms. The lowest BCUT2D eigenvalue weighted by atomic mass is 11.0. The number of hydrogen-bond donors (Lipinski definition) is 0.